The second kappa shape index (κ2) is 6.47. The summed E-state index contributed by atoms with van der Waals surface area (Å²) in [7, 11) is 0. The molecule has 0 amide bonds. The number of rotatable bonds is 4. The number of nitrogens with two attached hydrogens (primary N) is 1. The number of benzene rings is 1. The van der Waals surface area contributed by atoms with E-state index < -0.39 is 0 Å². The van der Waals surface area contributed by atoms with E-state index in [4.69, 9.17) is 15.7 Å². The Morgan fingerprint density at radius 1 is 1.42 bits per heavy atom. The van der Waals surface area contributed by atoms with Gasteiger partial charge >= 0.3 is 0 Å². The zero-order chi connectivity index (χ0) is 13.7. The predicted molar refractivity (Wildman–Crippen MR) is 76.8 cm³/mol. The van der Waals surface area contributed by atoms with Crippen LogP contribution in [0.1, 0.15) is 44.6 Å². The summed E-state index contributed by atoms with van der Waals surface area (Å²) in [6.45, 7) is 2.25. The first-order valence-electron chi connectivity index (χ1n) is 7.15. The third kappa shape index (κ3) is 3.64. The van der Waals surface area contributed by atoms with Crippen molar-refractivity contribution in [2.45, 2.75) is 51.6 Å². The van der Waals surface area contributed by atoms with Crippen LogP contribution in [0.3, 0.4) is 0 Å². The summed E-state index contributed by atoms with van der Waals surface area (Å²) in [5.74, 6) is 1.65. The smallest absolute Gasteiger partial charge is 0.120 e. The van der Waals surface area contributed by atoms with Gasteiger partial charge in [0.25, 0.3) is 0 Å². The second-order valence-corrected chi connectivity index (χ2v) is 5.38. The van der Waals surface area contributed by atoms with Crippen LogP contribution < -0.4 is 10.5 Å². The predicted octanol–water partition coefficient (Wildman–Crippen LogP) is 3.68. The average molecular weight is 258 g/mol. The summed E-state index contributed by atoms with van der Waals surface area (Å²) < 4.78 is 6.06. The monoisotopic (exact) mass is 258 g/mol. The van der Waals surface area contributed by atoms with Crippen molar-refractivity contribution < 1.29 is 4.74 Å². The molecule has 0 bridgehead atoms. The van der Waals surface area contributed by atoms with E-state index >= 15 is 0 Å². The minimum Gasteiger partial charge on any atom is -0.490 e. The van der Waals surface area contributed by atoms with Crippen molar-refractivity contribution in [3.63, 3.8) is 0 Å². The fraction of sp³-hybridized carbons (Fsp3) is 0.562. The molecule has 0 aliphatic heterocycles. The zero-order valence-corrected chi connectivity index (χ0v) is 11.6. The average Bonchev–Trinajstić information content (AvgIpc) is 2.43. The summed E-state index contributed by atoms with van der Waals surface area (Å²) in [5.41, 5.74) is 7.38. The molecule has 0 spiro atoms. The van der Waals surface area contributed by atoms with Gasteiger partial charge in [-0.3, -0.25) is 0 Å². The van der Waals surface area contributed by atoms with Gasteiger partial charge in [-0.1, -0.05) is 19.8 Å². The van der Waals surface area contributed by atoms with Crippen molar-refractivity contribution >= 4 is 5.69 Å². The molecule has 1 aromatic rings. The van der Waals surface area contributed by atoms with Crippen LogP contribution in [0.15, 0.2) is 18.2 Å². The fourth-order valence-corrected chi connectivity index (χ4v) is 2.81. The van der Waals surface area contributed by atoms with Crippen LogP contribution in [0.25, 0.3) is 0 Å². The van der Waals surface area contributed by atoms with Crippen LogP contribution in [-0.2, 0) is 6.42 Å². The van der Waals surface area contributed by atoms with Gasteiger partial charge in [0.2, 0.25) is 0 Å². The molecule has 19 heavy (non-hydrogen) atoms. The lowest BCUT2D eigenvalue weighted by molar-refractivity contribution is 0.122. The van der Waals surface area contributed by atoms with Gasteiger partial charge in [-0.25, -0.2) is 0 Å². The van der Waals surface area contributed by atoms with Gasteiger partial charge in [0.15, 0.2) is 0 Å². The lowest BCUT2D eigenvalue weighted by Gasteiger charge is -2.29. The summed E-state index contributed by atoms with van der Waals surface area (Å²) >= 11 is 0. The number of nitriles is 1. The second-order valence-electron chi connectivity index (χ2n) is 5.38. The van der Waals surface area contributed by atoms with E-state index in [0.29, 0.717) is 18.2 Å². The molecule has 2 rings (SSSR count). The quantitative estimate of drug-likeness (QED) is 0.838. The fourth-order valence-electron chi connectivity index (χ4n) is 2.81. The standard InChI is InChI=1S/C16H22N2O/c1-2-12-4-3-5-14(10-12)19-15-6-7-16(18)13(11-15)8-9-17/h6-7,11-12,14H,2-5,8,10,18H2,1H3. The van der Waals surface area contributed by atoms with Crippen LogP contribution in [0.5, 0.6) is 5.75 Å². The largest absolute Gasteiger partial charge is 0.490 e. The third-order valence-corrected chi connectivity index (χ3v) is 4.00. The molecule has 1 aromatic carbocycles. The highest BCUT2D eigenvalue weighted by atomic mass is 16.5. The molecular formula is C16H22N2O. The zero-order valence-electron chi connectivity index (χ0n) is 11.6. The Hall–Kier alpha value is -1.69. The topological polar surface area (TPSA) is 59.0 Å². The minimum absolute atomic E-state index is 0.317. The molecule has 3 heteroatoms. The molecule has 0 radical (unpaired) electrons. The molecule has 3 nitrogen and oxygen atoms in total. The highest BCUT2D eigenvalue weighted by Gasteiger charge is 2.22. The Morgan fingerprint density at radius 3 is 3.00 bits per heavy atom. The van der Waals surface area contributed by atoms with Crippen LogP contribution in [0, 0.1) is 17.2 Å². The van der Waals surface area contributed by atoms with Crippen LogP contribution in [0.2, 0.25) is 0 Å². The SMILES string of the molecule is CCC1CCCC(Oc2ccc(N)c(CC#N)c2)C1. The van der Waals surface area contributed by atoms with E-state index in [0.717, 1.165) is 30.1 Å². The molecule has 2 atom stereocenters. The van der Waals surface area contributed by atoms with E-state index in [9.17, 15) is 0 Å². The number of anilines is 1. The first-order valence-corrected chi connectivity index (χ1v) is 7.15. The summed E-state index contributed by atoms with van der Waals surface area (Å²) in [6, 6.07) is 7.79. The maximum atomic E-state index is 8.78. The Morgan fingerprint density at radius 2 is 2.26 bits per heavy atom. The molecule has 102 valence electrons. The van der Waals surface area contributed by atoms with Gasteiger partial charge in [0, 0.05) is 5.69 Å². The van der Waals surface area contributed by atoms with E-state index in [1.165, 1.54) is 19.3 Å². The van der Waals surface area contributed by atoms with Crippen molar-refractivity contribution in [2.24, 2.45) is 5.92 Å². The van der Waals surface area contributed by atoms with Crippen LogP contribution >= 0.6 is 0 Å². The van der Waals surface area contributed by atoms with Gasteiger partial charge in [-0.15, -0.1) is 0 Å². The number of hydrogen-bond donors (Lipinski definition) is 1. The van der Waals surface area contributed by atoms with E-state index in [2.05, 4.69) is 13.0 Å². The molecular weight excluding hydrogens is 236 g/mol. The first-order chi connectivity index (χ1) is 9.22. The van der Waals surface area contributed by atoms with E-state index in [1.54, 1.807) is 0 Å². The Bertz CT molecular complexity index is 464. The normalized spacial score (nSPS) is 22.7. The van der Waals surface area contributed by atoms with Gasteiger partial charge in [0.1, 0.15) is 5.75 Å². The van der Waals surface area contributed by atoms with Crippen LogP contribution in [-0.4, -0.2) is 6.10 Å². The molecule has 1 aliphatic carbocycles. The molecule has 1 fully saturated rings. The van der Waals surface area contributed by atoms with E-state index in [-0.39, 0.29) is 0 Å². The van der Waals surface area contributed by atoms with Gasteiger partial charge < -0.3 is 10.5 Å². The Labute approximate surface area is 115 Å². The summed E-state index contributed by atoms with van der Waals surface area (Å²) in [5, 5.41) is 8.78. The van der Waals surface area contributed by atoms with Crippen LogP contribution in [0.4, 0.5) is 5.69 Å². The lowest BCUT2D eigenvalue weighted by Crippen LogP contribution is -2.25. The molecule has 0 saturated heterocycles. The first kappa shape index (κ1) is 13.7. The Kier molecular flexibility index (Phi) is 4.68. The van der Waals surface area contributed by atoms with E-state index in [1.807, 2.05) is 18.2 Å². The molecule has 2 unspecified atom stereocenters. The molecule has 1 saturated carbocycles. The highest BCUT2D eigenvalue weighted by Crippen LogP contribution is 2.30. The number of ether oxygens (including phenoxy) is 1. The molecule has 2 N–H and O–H groups in total. The molecule has 0 aromatic heterocycles. The van der Waals surface area contributed by atoms with Crippen molar-refractivity contribution in [3.8, 4) is 11.8 Å². The van der Waals surface area contributed by atoms with Gasteiger partial charge in [-0.2, -0.15) is 5.26 Å². The number of hydrogen-bond acceptors (Lipinski definition) is 3. The lowest BCUT2D eigenvalue weighted by atomic mass is 9.85. The van der Waals surface area contributed by atoms with Gasteiger partial charge in [-0.05, 0) is 48.9 Å². The van der Waals surface area contributed by atoms with Crippen molar-refractivity contribution in [1.82, 2.24) is 0 Å². The van der Waals surface area contributed by atoms with Gasteiger partial charge in [0.05, 0.1) is 18.6 Å². The number of nitrogens with zero attached hydrogens (tertiary/aromatic N) is 1. The summed E-state index contributed by atoms with van der Waals surface area (Å²) in [4.78, 5) is 0. The molecule has 1 aliphatic rings. The maximum Gasteiger partial charge on any atom is 0.120 e. The number of nitrogen functional groups attached to an aromatic ring is 1. The van der Waals surface area contributed by atoms with Crippen molar-refractivity contribution in [2.75, 3.05) is 5.73 Å². The highest BCUT2D eigenvalue weighted by molar-refractivity contribution is 5.51. The minimum atomic E-state index is 0.317. The summed E-state index contributed by atoms with van der Waals surface area (Å²) in [6.07, 6.45) is 6.76. The van der Waals surface area contributed by atoms with Crippen molar-refractivity contribution in [1.29, 1.82) is 5.26 Å². The third-order valence-electron chi connectivity index (χ3n) is 4.00. The Balaban J connectivity index is 2.02. The van der Waals surface area contributed by atoms with Crippen molar-refractivity contribution in [3.05, 3.63) is 23.8 Å². The molecule has 0 heterocycles. The maximum absolute atomic E-state index is 8.78.